The minimum absolute atomic E-state index is 0.0518. The lowest BCUT2D eigenvalue weighted by Crippen LogP contribution is -2.43. The van der Waals surface area contributed by atoms with Crippen LogP contribution in [0.2, 0.25) is 0 Å². The van der Waals surface area contributed by atoms with E-state index in [1.165, 1.54) is 25.7 Å². The van der Waals surface area contributed by atoms with Crippen LogP contribution in [0.15, 0.2) is 0 Å². The third-order valence-corrected chi connectivity index (χ3v) is 8.47. The normalized spacial score (nSPS) is 42.8. The Morgan fingerprint density at radius 2 is 1.65 bits per heavy atom. The Bertz CT molecular complexity index is 583. The van der Waals surface area contributed by atoms with Gasteiger partial charge in [0.05, 0.1) is 5.41 Å². The van der Waals surface area contributed by atoms with Gasteiger partial charge in [-0.15, -0.1) is 0 Å². The second kappa shape index (κ2) is 6.53. The van der Waals surface area contributed by atoms with E-state index in [9.17, 15) is 9.59 Å². The van der Waals surface area contributed by atoms with Crippen LogP contribution in [-0.4, -0.2) is 24.6 Å². The van der Waals surface area contributed by atoms with Crippen LogP contribution < -0.4 is 0 Å². The first-order valence-corrected chi connectivity index (χ1v) is 10.7. The minimum Gasteiger partial charge on any atom is -0.459 e. The molecule has 0 radical (unpaired) electrons. The molecule has 4 fully saturated rings. The maximum Gasteiger partial charge on any atom is 0.344 e. The summed E-state index contributed by atoms with van der Waals surface area (Å²) in [7, 11) is 0. The number of carbonyl (C=O) groups excluding carboxylic acids is 2. The summed E-state index contributed by atoms with van der Waals surface area (Å²) >= 11 is 0. The van der Waals surface area contributed by atoms with Crippen molar-refractivity contribution in [2.75, 3.05) is 6.61 Å². The van der Waals surface area contributed by atoms with Crippen LogP contribution in [0.1, 0.15) is 66.2 Å². The van der Waals surface area contributed by atoms with Gasteiger partial charge in [0, 0.05) is 0 Å². The van der Waals surface area contributed by atoms with E-state index in [4.69, 9.17) is 9.47 Å². The highest BCUT2D eigenvalue weighted by atomic mass is 16.6. The van der Waals surface area contributed by atoms with Gasteiger partial charge in [0.1, 0.15) is 6.10 Å². The molecule has 4 nitrogen and oxygen atoms in total. The van der Waals surface area contributed by atoms with E-state index in [2.05, 4.69) is 6.92 Å². The van der Waals surface area contributed by atoms with Crippen molar-refractivity contribution in [1.82, 2.24) is 0 Å². The van der Waals surface area contributed by atoms with Crippen LogP contribution in [0.25, 0.3) is 0 Å². The van der Waals surface area contributed by atoms with Crippen LogP contribution >= 0.6 is 0 Å². The van der Waals surface area contributed by atoms with Gasteiger partial charge in [0.25, 0.3) is 0 Å². The smallest absolute Gasteiger partial charge is 0.344 e. The molecule has 0 aromatic rings. The van der Waals surface area contributed by atoms with E-state index < -0.39 is 5.41 Å². The fraction of sp³-hybridized carbons (Fsp3) is 0.909. The van der Waals surface area contributed by atoms with Gasteiger partial charge < -0.3 is 9.47 Å². The molecular formula is C22H34O4. The average molecular weight is 363 g/mol. The van der Waals surface area contributed by atoms with Crippen molar-refractivity contribution < 1.29 is 19.1 Å². The number of esters is 2. The van der Waals surface area contributed by atoms with E-state index in [0.717, 1.165) is 36.0 Å². The van der Waals surface area contributed by atoms with Gasteiger partial charge in [-0.2, -0.15) is 0 Å². The molecule has 4 aliphatic rings. The molecule has 0 aromatic carbocycles. The third-order valence-electron chi connectivity index (χ3n) is 8.47. The largest absolute Gasteiger partial charge is 0.459 e. The van der Waals surface area contributed by atoms with Crippen LogP contribution in [0, 0.1) is 46.8 Å². The molecule has 146 valence electrons. The molecule has 0 amide bonds. The predicted molar refractivity (Wildman–Crippen MR) is 98.1 cm³/mol. The van der Waals surface area contributed by atoms with E-state index in [1.807, 2.05) is 20.8 Å². The zero-order valence-corrected chi connectivity index (χ0v) is 16.7. The van der Waals surface area contributed by atoms with Crippen molar-refractivity contribution in [1.29, 1.82) is 0 Å². The van der Waals surface area contributed by atoms with Crippen molar-refractivity contribution in [2.45, 2.75) is 72.3 Å². The Kier molecular flexibility index (Phi) is 4.60. The first-order valence-electron chi connectivity index (χ1n) is 10.7. The van der Waals surface area contributed by atoms with Crippen molar-refractivity contribution in [3.63, 3.8) is 0 Å². The number of hydrogen-bond donors (Lipinski definition) is 0. The minimum atomic E-state index is -0.547. The van der Waals surface area contributed by atoms with E-state index in [-0.39, 0.29) is 24.6 Å². The molecule has 4 rings (SSSR count). The average Bonchev–Trinajstić information content (AvgIpc) is 3.37. The highest BCUT2D eigenvalue weighted by molar-refractivity contribution is 5.79. The van der Waals surface area contributed by atoms with Gasteiger partial charge in [-0.3, -0.25) is 4.79 Å². The summed E-state index contributed by atoms with van der Waals surface area (Å²) in [6, 6.07) is 0. The van der Waals surface area contributed by atoms with Crippen LogP contribution in [0.5, 0.6) is 0 Å². The highest BCUT2D eigenvalue weighted by Gasteiger charge is 2.66. The zero-order valence-electron chi connectivity index (χ0n) is 16.7. The summed E-state index contributed by atoms with van der Waals surface area (Å²) in [5.74, 6) is 4.66. The summed E-state index contributed by atoms with van der Waals surface area (Å²) in [5.41, 5.74) is -0.547. The summed E-state index contributed by atoms with van der Waals surface area (Å²) < 4.78 is 11.2. The van der Waals surface area contributed by atoms with E-state index >= 15 is 0 Å². The maximum absolute atomic E-state index is 12.4. The Hall–Kier alpha value is -1.06. The quantitative estimate of drug-likeness (QED) is 0.524. The van der Waals surface area contributed by atoms with Gasteiger partial charge in [0.15, 0.2) is 6.61 Å². The molecule has 0 aliphatic heterocycles. The van der Waals surface area contributed by atoms with Crippen molar-refractivity contribution >= 4 is 11.9 Å². The van der Waals surface area contributed by atoms with Gasteiger partial charge in [-0.1, -0.05) is 13.8 Å². The van der Waals surface area contributed by atoms with Crippen LogP contribution in [-0.2, 0) is 19.1 Å². The molecule has 8 unspecified atom stereocenters. The summed E-state index contributed by atoms with van der Waals surface area (Å²) in [4.78, 5) is 24.5. The van der Waals surface area contributed by atoms with Crippen LogP contribution in [0.3, 0.4) is 0 Å². The summed E-state index contributed by atoms with van der Waals surface area (Å²) in [6.07, 6.45) is 7.31. The van der Waals surface area contributed by atoms with E-state index in [0.29, 0.717) is 18.3 Å². The number of fused-ring (bicyclic) bond motifs is 9. The van der Waals surface area contributed by atoms with E-state index in [1.54, 1.807) is 0 Å². The lowest BCUT2D eigenvalue weighted by Gasteiger charge is -2.42. The lowest BCUT2D eigenvalue weighted by atomic mass is 9.66. The molecule has 0 saturated heterocycles. The Labute approximate surface area is 157 Å². The Morgan fingerprint density at radius 1 is 1.00 bits per heavy atom. The number of ether oxygens (including phenoxy) is 2. The van der Waals surface area contributed by atoms with Crippen molar-refractivity contribution in [3.05, 3.63) is 0 Å². The van der Waals surface area contributed by atoms with Gasteiger partial charge in [0.2, 0.25) is 0 Å². The van der Waals surface area contributed by atoms with Gasteiger partial charge >= 0.3 is 11.9 Å². The molecule has 0 N–H and O–H groups in total. The highest BCUT2D eigenvalue weighted by Crippen LogP contribution is 2.69. The fourth-order valence-corrected chi connectivity index (χ4v) is 7.01. The molecule has 4 saturated carbocycles. The van der Waals surface area contributed by atoms with Crippen molar-refractivity contribution in [3.8, 4) is 0 Å². The number of hydrogen-bond acceptors (Lipinski definition) is 4. The molecule has 8 atom stereocenters. The molecule has 4 aliphatic carbocycles. The summed E-state index contributed by atoms with van der Waals surface area (Å²) in [5, 5.41) is 0. The molecule has 4 heteroatoms. The molecule has 0 heterocycles. The van der Waals surface area contributed by atoms with Crippen LogP contribution in [0.4, 0.5) is 0 Å². The Morgan fingerprint density at radius 3 is 2.27 bits per heavy atom. The monoisotopic (exact) mass is 362 g/mol. The molecule has 26 heavy (non-hydrogen) atoms. The third kappa shape index (κ3) is 2.70. The van der Waals surface area contributed by atoms with Gasteiger partial charge in [-0.25, -0.2) is 4.79 Å². The molecule has 4 bridgehead atoms. The standard InChI is InChI=1S/C22H34O4/c1-5-14-15-10-16(19-13-8-7-12(9-13)18(15)19)20(14)26-17(23)11-25-21(24)22(3,4)6-2/h12-16,18-20H,5-11H2,1-4H3. The Balaban J connectivity index is 1.37. The summed E-state index contributed by atoms with van der Waals surface area (Å²) in [6.45, 7) is 7.63. The lowest BCUT2D eigenvalue weighted by molar-refractivity contribution is -0.172. The predicted octanol–water partition coefficient (Wildman–Crippen LogP) is 4.22. The van der Waals surface area contributed by atoms with Crippen molar-refractivity contribution in [2.24, 2.45) is 46.8 Å². The SMILES string of the molecule is CCC1C2CC(C1OC(=O)COC(=O)C(C)(C)CC)C1C3CCC(C3)C21. The zero-order chi connectivity index (χ0) is 18.6. The second-order valence-electron chi connectivity index (χ2n) is 9.89. The van der Waals surface area contributed by atoms with Gasteiger partial charge in [-0.05, 0) is 93.8 Å². The fourth-order valence-electron chi connectivity index (χ4n) is 7.01. The topological polar surface area (TPSA) is 52.6 Å². The second-order valence-corrected chi connectivity index (χ2v) is 9.89. The maximum atomic E-state index is 12.4. The molecule has 0 aromatic heterocycles. The molecule has 0 spiro atoms. The number of carbonyl (C=O) groups is 2. The first kappa shape index (κ1) is 18.3. The molecular weight excluding hydrogens is 328 g/mol. The number of rotatable bonds is 6. The first-order chi connectivity index (χ1) is 12.4.